The fourth-order valence-electron chi connectivity index (χ4n) is 0.405. The first-order valence-electron chi connectivity index (χ1n) is 2.68. The fraction of sp³-hybridized carbons (Fsp3) is 0.800. The summed E-state index contributed by atoms with van der Waals surface area (Å²) in [5.41, 5.74) is 0. The molecule has 0 aliphatic rings. The molecule has 3 nitrogen and oxygen atoms in total. The van der Waals surface area contributed by atoms with E-state index in [4.69, 9.17) is 10.3 Å². The SMILES string of the molecule is OCCCCC=NO. The van der Waals surface area contributed by atoms with Crippen molar-refractivity contribution < 1.29 is 10.3 Å². The molecule has 0 fully saturated rings. The number of aliphatic hydroxyl groups is 1. The lowest BCUT2D eigenvalue weighted by Crippen LogP contribution is -1.82. The molecular weight excluding hydrogens is 106 g/mol. The lowest BCUT2D eigenvalue weighted by atomic mass is 10.3. The van der Waals surface area contributed by atoms with Gasteiger partial charge in [-0.05, 0) is 19.3 Å². The van der Waals surface area contributed by atoms with Crippen LogP contribution in [0.4, 0.5) is 0 Å². The molecule has 0 saturated carbocycles. The highest BCUT2D eigenvalue weighted by atomic mass is 16.4. The van der Waals surface area contributed by atoms with Crippen LogP contribution in [0, 0.1) is 0 Å². The van der Waals surface area contributed by atoms with E-state index in [0.29, 0.717) is 0 Å². The zero-order valence-corrected chi connectivity index (χ0v) is 4.75. The summed E-state index contributed by atoms with van der Waals surface area (Å²) in [5.74, 6) is 0. The average Bonchev–Trinajstić information content (AvgIpc) is 1.81. The Labute approximate surface area is 48.6 Å². The highest BCUT2D eigenvalue weighted by Gasteiger charge is 1.80. The normalized spacial score (nSPS) is 10.6. The van der Waals surface area contributed by atoms with Gasteiger partial charge < -0.3 is 10.3 Å². The summed E-state index contributed by atoms with van der Waals surface area (Å²) in [6.45, 7) is 0.221. The third kappa shape index (κ3) is 5.43. The van der Waals surface area contributed by atoms with Gasteiger partial charge in [-0.25, -0.2) is 0 Å². The minimum atomic E-state index is 0.221. The van der Waals surface area contributed by atoms with Crippen LogP contribution >= 0.6 is 0 Å². The van der Waals surface area contributed by atoms with Gasteiger partial charge in [0.1, 0.15) is 0 Å². The van der Waals surface area contributed by atoms with Gasteiger partial charge in [0.05, 0.1) is 0 Å². The lowest BCUT2D eigenvalue weighted by Gasteiger charge is -1.87. The van der Waals surface area contributed by atoms with Crippen molar-refractivity contribution in [2.75, 3.05) is 6.61 Å². The largest absolute Gasteiger partial charge is 0.411 e. The number of nitrogens with zero attached hydrogens (tertiary/aromatic N) is 1. The topological polar surface area (TPSA) is 52.8 Å². The zero-order valence-electron chi connectivity index (χ0n) is 4.75. The molecule has 0 aromatic rings. The van der Waals surface area contributed by atoms with Crippen LogP contribution in [-0.2, 0) is 0 Å². The van der Waals surface area contributed by atoms with E-state index in [9.17, 15) is 0 Å². The Hall–Kier alpha value is -0.570. The van der Waals surface area contributed by atoms with E-state index >= 15 is 0 Å². The summed E-state index contributed by atoms with van der Waals surface area (Å²) in [6.07, 6.45) is 3.85. The van der Waals surface area contributed by atoms with Crippen molar-refractivity contribution in [1.82, 2.24) is 0 Å². The average molecular weight is 117 g/mol. The second-order valence-corrected chi connectivity index (χ2v) is 1.52. The van der Waals surface area contributed by atoms with Crippen molar-refractivity contribution in [3.63, 3.8) is 0 Å². The van der Waals surface area contributed by atoms with Gasteiger partial charge in [0, 0.05) is 12.8 Å². The molecule has 0 aromatic heterocycles. The van der Waals surface area contributed by atoms with E-state index in [1.807, 2.05) is 0 Å². The molecule has 2 N–H and O–H groups in total. The Morgan fingerprint density at radius 2 is 2.12 bits per heavy atom. The number of rotatable bonds is 4. The Bertz CT molecular complexity index is 63.4. The molecule has 0 bridgehead atoms. The maximum absolute atomic E-state index is 8.26. The zero-order chi connectivity index (χ0) is 6.24. The van der Waals surface area contributed by atoms with Gasteiger partial charge >= 0.3 is 0 Å². The number of hydrogen-bond donors (Lipinski definition) is 2. The van der Waals surface area contributed by atoms with Crippen LogP contribution in [0.5, 0.6) is 0 Å². The summed E-state index contributed by atoms with van der Waals surface area (Å²) >= 11 is 0. The van der Waals surface area contributed by atoms with Gasteiger partial charge in [-0.2, -0.15) is 0 Å². The van der Waals surface area contributed by atoms with Crippen LogP contribution in [0.3, 0.4) is 0 Å². The highest BCUT2D eigenvalue weighted by molar-refractivity contribution is 5.55. The van der Waals surface area contributed by atoms with Gasteiger partial charge in [0.25, 0.3) is 0 Å². The van der Waals surface area contributed by atoms with Crippen molar-refractivity contribution in [3.05, 3.63) is 0 Å². The van der Waals surface area contributed by atoms with Gasteiger partial charge in [0.2, 0.25) is 0 Å². The summed E-state index contributed by atoms with van der Waals surface area (Å²) in [5, 5.41) is 18.9. The molecule has 3 heteroatoms. The molecule has 0 aromatic carbocycles. The monoisotopic (exact) mass is 117 g/mol. The summed E-state index contributed by atoms with van der Waals surface area (Å²) in [4.78, 5) is 0. The highest BCUT2D eigenvalue weighted by Crippen LogP contribution is 1.89. The van der Waals surface area contributed by atoms with E-state index in [0.717, 1.165) is 19.3 Å². The Balaban J connectivity index is 2.72. The number of aliphatic hydroxyl groups excluding tert-OH is 1. The molecule has 0 amide bonds. The maximum Gasteiger partial charge on any atom is 0.0435 e. The van der Waals surface area contributed by atoms with E-state index in [-0.39, 0.29) is 6.61 Å². The van der Waals surface area contributed by atoms with Crippen LogP contribution in [0.1, 0.15) is 19.3 Å². The van der Waals surface area contributed by atoms with Crippen LogP contribution in [0.2, 0.25) is 0 Å². The molecule has 0 aliphatic heterocycles. The molecular formula is C5H11NO2. The van der Waals surface area contributed by atoms with Crippen molar-refractivity contribution in [2.45, 2.75) is 19.3 Å². The molecule has 0 saturated heterocycles. The van der Waals surface area contributed by atoms with E-state index in [1.165, 1.54) is 6.21 Å². The molecule has 48 valence electrons. The van der Waals surface area contributed by atoms with E-state index < -0.39 is 0 Å². The first-order chi connectivity index (χ1) is 3.91. The molecule has 8 heavy (non-hydrogen) atoms. The predicted octanol–water partition coefficient (Wildman–Crippen LogP) is 0.609. The standard InChI is InChI=1S/C5H11NO2/c7-5-3-1-2-4-6-8/h4,7-8H,1-3,5H2. The van der Waals surface area contributed by atoms with Crippen molar-refractivity contribution in [1.29, 1.82) is 0 Å². The third-order valence-electron chi connectivity index (χ3n) is 0.823. The second-order valence-electron chi connectivity index (χ2n) is 1.52. The summed E-state index contributed by atoms with van der Waals surface area (Å²) in [7, 11) is 0. The predicted molar refractivity (Wildman–Crippen MR) is 31.2 cm³/mol. The molecule has 0 spiro atoms. The number of unbranched alkanes of at least 4 members (excludes halogenated alkanes) is 2. The quantitative estimate of drug-likeness (QED) is 0.245. The van der Waals surface area contributed by atoms with Crippen molar-refractivity contribution >= 4 is 6.21 Å². The first-order valence-corrected chi connectivity index (χ1v) is 2.68. The molecule has 0 heterocycles. The number of oxime groups is 1. The Morgan fingerprint density at radius 3 is 2.62 bits per heavy atom. The molecule has 0 unspecified atom stereocenters. The molecule has 0 radical (unpaired) electrons. The second kappa shape index (κ2) is 6.43. The third-order valence-corrected chi connectivity index (χ3v) is 0.823. The van der Waals surface area contributed by atoms with Gasteiger partial charge in [-0.1, -0.05) is 0 Å². The Morgan fingerprint density at radius 1 is 1.38 bits per heavy atom. The molecule has 0 aliphatic carbocycles. The summed E-state index contributed by atoms with van der Waals surface area (Å²) in [6, 6.07) is 0. The van der Waals surface area contributed by atoms with E-state index in [1.54, 1.807) is 0 Å². The smallest absolute Gasteiger partial charge is 0.0435 e. The van der Waals surface area contributed by atoms with Gasteiger partial charge in [0.15, 0.2) is 0 Å². The fourth-order valence-corrected chi connectivity index (χ4v) is 0.405. The summed E-state index contributed by atoms with van der Waals surface area (Å²) < 4.78 is 0. The van der Waals surface area contributed by atoms with Gasteiger partial charge in [-0.3, -0.25) is 0 Å². The van der Waals surface area contributed by atoms with Crippen molar-refractivity contribution in [3.8, 4) is 0 Å². The van der Waals surface area contributed by atoms with Crippen LogP contribution in [0.25, 0.3) is 0 Å². The van der Waals surface area contributed by atoms with Crippen LogP contribution < -0.4 is 0 Å². The first kappa shape index (κ1) is 7.43. The minimum absolute atomic E-state index is 0.221. The maximum atomic E-state index is 8.26. The van der Waals surface area contributed by atoms with Crippen molar-refractivity contribution in [2.24, 2.45) is 5.16 Å². The van der Waals surface area contributed by atoms with Crippen LogP contribution in [0.15, 0.2) is 5.16 Å². The van der Waals surface area contributed by atoms with E-state index in [2.05, 4.69) is 5.16 Å². The minimum Gasteiger partial charge on any atom is -0.411 e. The molecule has 0 atom stereocenters. The lowest BCUT2D eigenvalue weighted by molar-refractivity contribution is 0.285. The van der Waals surface area contributed by atoms with Crippen LogP contribution in [-0.4, -0.2) is 23.1 Å². The number of hydrogen-bond acceptors (Lipinski definition) is 3. The van der Waals surface area contributed by atoms with Gasteiger partial charge in [-0.15, -0.1) is 5.16 Å². The Kier molecular flexibility index (Phi) is 5.97. The molecule has 0 rings (SSSR count).